The first kappa shape index (κ1) is 12.7. The van der Waals surface area contributed by atoms with Gasteiger partial charge in [0, 0.05) is 25.2 Å². The lowest BCUT2D eigenvalue weighted by Crippen LogP contribution is -2.26. The average Bonchev–Trinajstić information content (AvgIpc) is 2.76. The number of hydrogen-bond acceptors (Lipinski definition) is 4. The lowest BCUT2D eigenvalue weighted by atomic mass is 9.96. The molecule has 2 atom stereocenters. The predicted octanol–water partition coefficient (Wildman–Crippen LogP) is 2.13. The van der Waals surface area contributed by atoms with Crippen LogP contribution >= 0.6 is 0 Å². The molecular weight excluding hydrogens is 234 g/mol. The average molecular weight is 249 g/mol. The van der Waals surface area contributed by atoms with Crippen molar-refractivity contribution >= 4 is 11.5 Å². The number of ketones is 1. The maximum absolute atomic E-state index is 12.0. The fraction of sp³-hybridized carbons (Fsp3) is 0.462. The summed E-state index contributed by atoms with van der Waals surface area (Å²) in [6.45, 7) is 2.64. The number of nitrogens with zero attached hydrogens (tertiary/aromatic N) is 1. The van der Waals surface area contributed by atoms with Gasteiger partial charge in [-0.15, -0.1) is 0 Å². The molecule has 5 heteroatoms. The maximum atomic E-state index is 12.0. The summed E-state index contributed by atoms with van der Waals surface area (Å²) in [6, 6.07) is 6.08. The summed E-state index contributed by atoms with van der Waals surface area (Å²) in [7, 11) is 0. The SMILES string of the molecule is CC1CCOC1C(=O)Cc1ccc([N+](=O)[O-])cc1. The zero-order valence-corrected chi connectivity index (χ0v) is 10.2. The van der Waals surface area contributed by atoms with Crippen LogP contribution in [-0.4, -0.2) is 23.4 Å². The van der Waals surface area contributed by atoms with Crippen LogP contribution in [0.25, 0.3) is 0 Å². The van der Waals surface area contributed by atoms with Crippen LogP contribution in [0.4, 0.5) is 5.69 Å². The van der Waals surface area contributed by atoms with Gasteiger partial charge in [-0.2, -0.15) is 0 Å². The summed E-state index contributed by atoms with van der Waals surface area (Å²) in [6.07, 6.45) is 0.865. The Bertz CT molecular complexity index is 455. The molecule has 0 N–H and O–H groups in total. The largest absolute Gasteiger partial charge is 0.370 e. The van der Waals surface area contributed by atoms with E-state index in [2.05, 4.69) is 0 Å². The zero-order valence-electron chi connectivity index (χ0n) is 10.2. The third kappa shape index (κ3) is 2.73. The molecule has 1 aromatic rings. The second kappa shape index (κ2) is 5.27. The number of hydrogen-bond donors (Lipinski definition) is 0. The number of carbonyl (C=O) groups is 1. The molecular formula is C13H15NO4. The second-order valence-corrected chi connectivity index (χ2v) is 4.62. The van der Waals surface area contributed by atoms with Crippen LogP contribution in [0.15, 0.2) is 24.3 Å². The molecule has 18 heavy (non-hydrogen) atoms. The zero-order chi connectivity index (χ0) is 13.1. The molecule has 0 radical (unpaired) electrons. The van der Waals surface area contributed by atoms with Crippen LogP contribution < -0.4 is 0 Å². The second-order valence-electron chi connectivity index (χ2n) is 4.62. The van der Waals surface area contributed by atoms with E-state index in [-0.39, 0.29) is 29.9 Å². The predicted molar refractivity (Wildman–Crippen MR) is 65.3 cm³/mol. The highest BCUT2D eigenvalue weighted by Crippen LogP contribution is 2.22. The van der Waals surface area contributed by atoms with Gasteiger partial charge in [0.1, 0.15) is 6.10 Å². The Labute approximate surface area is 105 Å². The Balaban J connectivity index is 2.00. The molecule has 96 valence electrons. The first-order valence-corrected chi connectivity index (χ1v) is 5.95. The molecule has 1 aromatic carbocycles. The fourth-order valence-corrected chi connectivity index (χ4v) is 2.14. The summed E-state index contributed by atoms with van der Waals surface area (Å²) in [4.78, 5) is 22.0. The molecule has 1 saturated heterocycles. The Kier molecular flexibility index (Phi) is 3.72. The molecule has 0 saturated carbocycles. The van der Waals surface area contributed by atoms with Crippen molar-refractivity contribution in [2.24, 2.45) is 5.92 Å². The number of nitro benzene ring substituents is 1. The molecule has 0 amide bonds. The summed E-state index contributed by atoms with van der Waals surface area (Å²) in [5, 5.41) is 10.5. The van der Waals surface area contributed by atoms with Gasteiger partial charge in [0.2, 0.25) is 0 Å². The number of nitro groups is 1. The van der Waals surface area contributed by atoms with Crippen molar-refractivity contribution in [2.45, 2.75) is 25.9 Å². The van der Waals surface area contributed by atoms with Crippen molar-refractivity contribution in [3.63, 3.8) is 0 Å². The van der Waals surface area contributed by atoms with Crippen LogP contribution in [-0.2, 0) is 16.0 Å². The Morgan fingerprint density at radius 3 is 2.61 bits per heavy atom. The number of ether oxygens (including phenoxy) is 1. The number of non-ortho nitro benzene ring substituents is 1. The highest BCUT2D eigenvalue weighted by atomic mass is 16.6. The molecule has 1 heterocycles. The number of benzene rings is 1. The summed E-state index contributed by atoms with van der Waals surface area (Å²) < 4.78 is 5.40. The monoisotopic (exact) mass is 249 g/mol. The third-order valence-electron chi connectivity index (χ3n) is 3.23. The first-order valence-electron chi connectivity index (χ1n) is 5.95. The van der Waals surface area contributed by atoms with E-state index >= 15 is 0 Å². The minimum atomic E-state index is -0.451. The Hall–Kier alpha value is -1.75. The molecule has 2 unspecified atom stereocenters. The van der Waals surface area contributed by atoms with Gasteiger partial charge in [0.25, 0.3) is 5.69 Å². The summed E-state index contributed by atoms with van der Waals surface area (Å²) in [5.74, 6) is 0.310. The van der Waals surface area contributed by atoms with Crippen LogP contribution in [0.2, 0.25) is 0 Å². The Morgan fingerprint density at radius 2 is 2.11 bits per heavy atom. The summed E-state index contributed by atoms with van der Waals surface area (Å²) >= 11 is 0. The van der Waals surface area contributed by atoms with E-state index in [1.165, 1.54) is 12.1 Å². The van der Waals surface area contributed by atoms with Gasteiger partial charge in [-0.3, -0.25) is 14.9 Å². The van der Waals surface area contributed by atoms with Crippen LogP contribution in [0.1, 0.15) is 18.9 Å². The molecule has 0 aliphatic carbocycles. The van der Waals surface area contributed by atoms with Crippen LogP contribution in [0.3, 0.4) is 0 Å². The smallest absolute Gasteiger partial charge is 0.269 e. The van der Waals surface area contributed by atoms with Gasteiger partial charge in [-0.1, -0.05) is 19.1 Å². The van der Waals surface area contributed by atoms with Gasteiger partial charge in [-0.05, 0) is 17.9 Å². The van der Waals surface area contributed by atoms with Crippen molar-refractivity contribution in [3.8, 4) is 0 Å². The quantitative estimate of drug-likeness (QED) is 0.605. The molecule has 0 aromatic heterocycles. The number of Topliss-reactive ketones (excluding diaryl/α,β-unsaturated/α-hetero) is 1. The topological polar surface area (TPSA) is 69.4 Å². The normalized spacial score (nSPS) is 22.9. The lowest BCUT2D eigenvalue weighted by molar-refractivity contribution is -0.384. The minimum Gasteiger partial charge on any atom is -0.370 e. The third-order valence-corrected chi connectivity index (χ3v) is 3.23. The van der Waals surface area contributed by atoms with Crippen molar-refractivity contribution in [2.75, 3.05) is 6.61 Å². The molecule has 1 aliphatic heterocycles. The van der Waals surface area contributed by atoms with Gasteiger partial charge < -0.3 is 4.74 Å². The molecule has 5 nitrogen and oxygen atoms in total. The number of rotatable bonds is 4. The fourth-order valence-electron chi connectivity index (χ4n) is 2.14. The van der Waals surface area contributed by atoms with Gasteiger partial charge in [-0.25, -0.2) is 0 Å². The molecule has 1 aliphatic rings. The van der Waals surface area contributed by atoms with Gasteiger partial charge >= 0.3 is 0 Å². The standard InChI is InChI=1S/C13H15NO4/c1-9-6-7-18-13(9)12(15)8-10-2-4-11(5-3-10)14(16)17/h2-5,9,13H,6-8H2,1H3. The maximum Gasteiger partial charge on any atom is 0.269 e. The first-order chi connectivity index (χ1) is 8.58. The van der Waals surface area contributed by atoms with Gasteiger partial charge in [0.05, 0.1) is 4.92 Å². The van der Waals surface area contributed by atoms with E-state index < -0.39 is 4.92 Å². The van der Waals surface area contributed by atoms with Crippen molar-refractivity contribution < 1.29 is 14.5 Å². The van der Waals surface area contributed by atoms with E-state index in [1.807, 2.05) is 6.92 Å². The highest BCUT2D eigenvalue weighted by molar-refractivity contribution is 5.85. The van der Waals surface area contributed by atoms with E-state index in [1.54, 1.807) is 12.1 Å². The van der Waals surface area contributed by atoms with E-state index in [0.717, 1.165) is 12.0 Å². The van der Waals surface area contributed by atoms with E-state index in [0.29, 0.717) is 6.61 Å². The minimum absolute atomic E-state index is 0.0386. The van der Waals surface area contributed by atoms with E-state index in [4.69, 9.17) is 4.74 Å². The highest BCUT2D eigenvalue weighted by Gasteiger charge is 2.30. The van der Waals surface area contributed by atoms with Gasteiger partial charge in [0.15, 0.2) is 5.78 Å². The lowest BCUT2D eigenvalue weighted by Gasteiger charge is -2.12. The van der Waals surface area contributed by atoms with Crippen LogP contribution in [0.5, 0.6) is 0 Å². The molecule has 0 spiro atoms. The molecule has 1 fully saturated rings. The Morgan fingerprint density at radius 1 is 1.44 bits per heavy atom. The summed E-state index contributed by atoms with van der Waals surface area (Å²) in [5.41, 5.74) is 0.824. The molecule has 2 rings (SSSR count). The van der Waals surface area contributed by atoms with E-state index in [9.17, 15) is 14.9 Å². The van der Waals surface area contributed by atoms with Crippen molar-refractivity contribution in [3.05, 3.63) is 39.9 Å². The van der Waals surface area contributed by atoms with Crippen LogP contribution in [0, 0.1) is 16.0 Å². The molecule has 0 bridgehead atoms. The van der Waals surface area contributed by atoms with Crippen molar-refractivity contribution in [1.82, 2.24) is 0 Å². The number of carbonyl (C=O) groups excluding carboxylic acids is 1. The van der Waals surface area contributed by atoms with Crippen molar-refractivity contribution in [1.29, 1.82) is 0 Å².